The van der Waals surface area contributed by atoms with Crippen LogP contribution >= 0.6 is 0 Å². The Morgan fingerprint density at radius 3 is 2.41 bits per heavy atom. The van der Waals surface area contributed by atoms with E-state index in [1.54, 1.807) is 18.2 Å². The van der Waals surface area contributed by atoms with E-state index in [4.69, 9.17) is 10.5 Å². The van der Waals surface area contributed by atoms with Crippen LogP contribution in [-0.4, -0.2) is 62.0 Å². The molecule has 12 heteroatoms. The number of sulfonamides is 1. The van der Waals surface area contributed by atoms with E-state index in [1.807, 2.05) is 13.8 Å². The molecule has 0 spiro atoms. The third kappa shape index (κ3) is 5.64. The number of benzene rings is 1. The zero-order chi connectivity index (χ0) is 24.1. The van der Waals surface area contributed by atoms with Crippen molar-refractivity contribution in [3.05, 3.63) is 51.2 Å². The van der Waals surface area contributed by atoms with E-state index in [9.17, 15) is 22.8 Å². The minimum Gasteiger partial charge on any atom is -0.383 e. The number of rotatable bonds is 10. The van der Waals surface area contributed by atoms with Crippen molar-refractivity contribution >= 4 is 27.4 Å². The zero-order valence-corrected chi connectivity index (χ0v) is 19.4. The fraction of sp³-hybridized carbons (Fsp3) is 0.450. The quantitative estimate of drug-likeness (QED) is 0.502. The highest BCUT2D eigenvalue weighted by atomic mass is 32.2. The first kappa shape index (κ1) is 25.3. The molecule has 0 saturated heterocycles. The van der Waals surface area contributed by atoms with Crippen LogP contribution in [0.4, 0.5) is 11.5 Å². The van der Waals surface area contributed by atoms with Crippen LogP contribution in [0.5, 0.6) is 0 Å². The summed E-state index contributed by atoms with van der Waals surface area (Å²) in [5, 5.41) is 0. The van der Waals surface area contributed by atoms with Crippen molar-refractivity contribution in [1.29, 1.82) is 0 Å². The Hall–Kier alpha value is -2.96. The molecule has 0 aliphatic carbocycles. The number of likely N-dealkylation sites (N-methyl/N-ethyl adjacent to an activating group) is 1. The van der Waals surface area contributed by atoms with Gasteiger partial charge in [-0.15, -0.1) is 0 Å². The molecular formula is C20H29N5O6S. The van der Waals surface area contributed by atoms with Crippen molar-refractivity contribution in [3.63, 3.8) is 0 Å². The molecule has 2 rings (SSSR count). The number of aromatic amines is 1. The Bertz CT molecular complexity index is 1160. The standard InChI is InChI=1S/C20H29N5O6S/c1-14(2)12-25-18(21)17(19(27)22-20(25)28)24(10-11-31-4)16(26)13-23(3)32(29,30)15-8-6-5-7-9-15/h5-9,14H,10-13,21H2,1-4H3,(H,22,27,28). The maximum Gasteiger partial charge on any atom is 0.330 e. The third-order valence-electron chi connectivity index (χ3n) is 4.66. The Labute approximate surface area is 186 Å². The highest BCUT2D eigenvalue weighted by Gasteiger charge is 2.29. The summed E-state index contributed by atoms with van der Waals surface area (Å²) >= 11 is 0. The Morgan fingerprint density at radius 1 is 1.22 bits per heavy atom. The van der Waals surface area contributed by atoms with Gasteiger partial charge in [0.25, 0.3) is 5.56 Å². The van der Waals surface area contributed by atoms with Gasteiger partial charge in [0.05, 0.1) is 18.0 Å². The minimum absolute atomic E-state index is 0.0292. The van der Waals surface area contributed by atoms with E-state index in [0.717, 1.165) is 9.21 Å². The van der Waals surface area contributed by atoms with Gasteiger partial charge in [0.1, 0.15) is 5.82 Å². The molecule has 0 atom stereocenters. The third-order valence-corrected chi connectivity index (χ3v) is 6.48. The Morgan fingerprint density at radius 2 is 1.84 bits per heavy atom. The average Bonchev–Trinajstić information content (AvgIpc) is 2.73. The summed E-state index contributed by atoms with van der Waals surface area (Å²) in [6.45, 7) is 3.40. The van der Waals surface area contributed by atoms with Crippen molar-refractivity contribution in [2.75, 3.05) is 44.5 Å². The van der Waals surface area contributed by atoms with Gasteiger partial charge < -0.3 is 15.4 Å². The smallest absolute Gasteiger partial charge is 0.330 e. The van der Waals surface area contributed by atoms with Gasteiger partial charge in [-0.2, -0.15) is 4.31 Å². The lowest BCUT2D eigenvalue weighted by atomic mass is 10.2. The SMILES string of the molecule is COCCN(C(=O)CN(C)S(=O)(=O)c1ccccc1)c1c(N)n(CC(C)C)c(=O)[nH]c1=O. The van der Waals surface area contributed by atoms with Crippen LogP contribution in [0.15, 0.2) is 44.8 Å². The van der Waals surface area contributed by atoms with Crippen LogP contribution in [0.2, 0.25) is 0 Å². The molecule has 11 nitrogen and oxygen atoms in total. The monoisotopic (exact) mass is 467 g/mol. The summed E-state index contributed by atoms with van der Waals surface area (Å²) in [7, 11) is -1.25. The van der Waals surface area contributed by atoms with Crippen molar-refractivity contribution in [2.24, 2.45) is 5.92 Å². The molecule has 3 N–H and O–H groups in total. The molecule has 0 bridgehead atoms. The second-order valence-electron chi connectivity index (χ2n) is 7.61. The molecule has 1 amide bonds. The topological polar surface area (TPSA) is 148 Å². The molecular weight excluding hydrogens is 438 g/mol. The molecule has 0 unspecified atom stereocenters. The van der Waals surface area contributed by atoms with Gasteiger partial charge in [-0.05, 0) is 18.1 Å². The van der Waals surface area contributed by atoms with Gasteiger partial charge in [-0.1, -0.05) is 32.0 Å². The summed E-state index contributed by atoms with van der Waals surface area (Å²) in [6.07, 6.45) is 0. The van der Waals surface area contributed by atoms with Crippen molar-refractivity contribution in [2.45, 2.75) is 25.3 Å². The summed E-state index contributed by atoms with van der Waals surface area (Å²) in [4.78, 5) is 41.2. The summed E-state index contributed by atoms with van der Waals surface area (Å²) in [5.41, 5.74) is 4.37. The van der Waals surface area contributed by atoms with Gasteiger partial charge in [-0.3, -0.25) is 19.1 Å². The number of aromatic nitrogens is 2. The maximum absolute atomic E-state index is 13.1. The van der Waals surface area contributed by atoms with Crippen LogP contribution in [0.1, 0.15) is 13.8 Å². The van der Waals surface area contributed by atoms with E-state index in [-0.39, 0.29) is 42.0 Å². The van der Waals surface area contributed by atoms with Gasteiger partial charge >= 0.3 is 5.69 Å². The number of ether oxygens (including phenoxy) is 1. The number of hydrogen-bond donors (Lipinski definition) is 2. The fourth-order valence-electron chi connectivity index (χ4n) is 3.06. The number of methoxy groups -OCH3 is 1. The second kappa shape index (κ2) is 10.6. The molecule has 32 heavy (non-hydrogen) atoms. The number of nitrogens with zero attached hydrogens (tertiary/aromatic N) is 3. The zero-order valence-electron chi connectivity index (χ0n) is 18.6. The minimum atomic E-state index is -3.94. The fourth-order valence-corrected chi connectivity index (χ4v) is 4.20. The highest BCUT2D eigenvalue weighted by Crippen LogP contribution is 2.19. The predicted octanol–water partition coefficient (Wildman–Crippen LogP) is 0.0749. The van der Waals surface area contributed by atoms with E-state index >= 15 is 0 Å². The number of hydrogen-bond acceptors (Lipinski definition) is 7. The van der Waals surface area contributed by atoms with Gasteiger partial charge in [0, 0.05) is 27.2 Å². The Balaban J connectivity index is 2.45. The number of amides is 1. The molecule has 1 heterocycles. The van der Waals surface area contributed by atoms with E-state index in [1.165, 1.54) is 30.9 Å². The van der Waals surface area contributed by atoms with Crippen LogP contribution in [0.3, 0.4) is 0 Å². The second-order valence-corrected chi connectivity index (χ2v) is 9.65. The number of nitrogens with one attached hydrogen (secondary N) is 1. The molecule has 176 valence electrons. The first-order chi connectivity index (χ1) is 15.0. The van der Waals surface area contributed by atoms with Crippen LogP contribution in [-0.2, 0) is 26.1 Å². The summed E-state index contributed by atoms with van der Waals surface area (Å²) < 4.78 is 32.7. The lowest BCUT2D eigenvalue weighted by molar-refractivity contribution is -0.118. The molecule has 0 saturated carbocycles. The lowest BCUT2D eigenvalue weighted by Crippen LogP contribution is -2.46. The molecule has 0 aliphatic heterocycles. The first-order valence-electron chi connectivity index (χ1n) is 9.94. The Kier molecular flexibility index (Phi) is 8.36. The van der Waals surface area contributed by atoms with Gasteiger partial charge in [0.2, 0.25) is 15.9 Å². The number of H-pyrrole nitrogens is 1. The normalized spacial score (nSPS) is 11.8. The van der Waals surface area contributed by atoms with Crippen molar-refractivity contribution in [3.8, 4) is 0 Å². The van der Waals surface area contributed by atoms with Crippen molar-refractivity contribution < 1.29 is 17.9 Å². The number of carbonyl (C=O) groups is 1. The lowest BCUT2D eigenvalue weighted by Gasteiger charge is -2.26. The number of carbonyl (C=O) groups excluding carboxylic acids is 1. The predicted molar refractivity (Wildman–Crippen MR) is 121 cm³/mol. The number of nitrogen functional groups attached to an aromatic ring is 1. The van der Waals surface area contributed by atoms with E-state index < -0.39 is 33.7 Å². The molecule has 1 aromatic carbocycles. The number of anilines is 2. The average molecular weight is 468 g/mol. The van der Waals surface area contributed by atoms with Crippen LogP contribution < -0.4 is 21.9 Å². The molecule has 2 aromatic rings. The summed E-state index contributed by atoms with van der Waals surface area (Å²) in [5.74, 6) is -0.833. The largest absolute Gasteiger partial charge is 0.383 e. The molecule has 0 aliphatic rings. The summed E-state index contributed by atoms with van der Waals surface area (Å²) in [6, 6.07) is 7.67. The van der Waals surface area contributed by atoms with E-state index in [2.05, 4.69) is 4.98 Å². The molecule has 0 radical (unpaired) electrons. The number of nitrogens with two attached hydrogens (primary N) is 1. The van der Waals surface area contributed by atoms with Crippen LogP contribution in [0, 0.1) is 5.92 Å². The van der Waals surface area contributed by atoms with E-state index in [0.29, 0.717) is 0 Å². The maximum atomic E-state index is 13.1. The first-order valence-corrected chi connectivity index (χ1v) is 11.4. The van der Waals surface area contributed by atoms with Crippen molar-refractivity contribution in [1.82, 2.24) is 13.9 Å². The van der Waals surface area contributed by atoms with Gasteiger partial charge in [-0.25, -0.2) is 13.2 Å². The molecule has 0 fully saturated rings. The van der Waals surface area contributed by atoms with Crippen LogP contribution in [0.25, 0.3) is 0 Å². The van der Waals surface area contributed by atoms with Gasteiger partial charge in [0.15, 0.2) is 5.69 Å². The highest BCUT2D eigenvalue weighted by molar-refractivity contribution is 7.89. The molecule has 1 aromatic heterocycles.